The lowest BCUT2D eigenvalue weighted by molar-refractivity contribution is -0.137. The molecule has 0 saturated carbocycles. The number of aliphatic carboxylic acids is 1. The molecule has 0 radical (unpaired) electrons. The average Bonchev–Trinajstić information content (AvgIpc) is 2.35. The van der Waals surface area contributed by atoms with Gasteiger partial charge in [-0.1, -0.05) is 0 Å². The molecular formula is C13H21N3O3. The third kappa shape index (κ3) is 4.08. The Morgan fingerprint density at radius 2 is 2.21 bits per heavy atom. The first-order valence-electron chi connectivity index (χ1n) is 6.51. The average molecular weight is 267 g/mol. The summed E-state index contributed by atoms with van der Waals surface area (Å²) in [4.78, 5) is 28.7. The predicted molar refractivity (Wildman–Crippen MR) is 73.5 cm³/mol. The van der Waals surface area contributed by atoms with Crippen molar-refractivity contribution in [2.75, 3.05) is 11.4 Å². The van der Waals surface area contributed by atoms with Crippen molar-refractivity contribution in [1.82, 2.24) is 9.55 Å². The van der Waals surface area contributed by atoms with E-state index in [1.54, 1.807) is 17.0 Å². The molecule has 1 aromatic heterocycles. The highest BCUT2D eigenvalue weighted by Gasteiger charge is 2.16. The maximum absolute atomic E-state index is 12.2. The van der Waals surface area contributed by atoms with Crippen LogP contribution in [0.2, 0.25) is 0 Å². The zero-order valence-electron chi connectivity index (χ0n) is 11.7. The van der Waals surface area contributed by atoms with Crippen molar-refractivity contribution in [1.29, 1.82) is 0 Å². The number of carboxylic acid groups (broad SMARTS) is 1. The van der Waals surface area contributed by atoms with Gasteiger partial charge in [-0.15, -0.1) is 0 Å². The van der Waals surface area contributed by atoms with Crippen LogP contribution < -0.4 is 10.5 Å². The number of carbonyl (C=O) groups is 1. The molecule has 0 aliphatic heterocycles. The zero-order valence-corrected chi connectivity index (χ0v) is 11.7. The van der Waals surface area contributed by atoms with Crippen molar-refractivity contribution in [3.63, 3.8) is 0 Å². The molecule has 1 aromatic rings. The van der Waals surface area contributed by atoms with Gasteiger partial charge in [0, 0.05) is 37.9 Å². The van der Waals surface area contributed by atoms with Gasteiger partial charge in [0.2, 0.25) is 0 Å². The van der Waals surface area contributed by atoms with E-state index in [0.29, 0.717) is 25.3 Å². The largest absolute Gasteiger partial charge is 0.481 e. The third-order valence-electron chi connectivity index (χ3n) is 2.92. The van der Waals surface area contributed by atoms with Crippen molar-refractivity contribution in [3.8, 4) is 0 Å². The number of anilines is 1. The molecule has 1 N–H and O–H groups in total. The summed E-state index contributed by atoms with van der Waals surface area (Å²) in [6, 6.07) is 0.0988. The fourth-order valence-electron chi connectivity index (χ4n) is 1.89. The Hall–Kier alpha value is -1.85. The molecule has 0 unspecified atom stereocenters. The molecule has 0 amide bonds. The van der Waals surface area contributed by atoms with E-state index in [4.69, 9.17) is 5.11 Å². The number of aryl methyl sites for hydroxylation is 1. The maximum Gasteiger partial charge on any atom is 0.303 e. The predicted octanol–water partition coefficient (Wildman–Crippen LogP) is 1.34. The van der Waals surface area contributed by atoms with Crippen molar-refractivity contribution in [3.05, 3.63) is 22.7 Å². The van der Waals surface area contributed by atoms with E-state index in [9.17, 15) is 9.59 Å². The van der Waals surface area contributed by atoms with E-state index in [0.717, 1.165) is 0 Å². The van der Waals surface area contributed by atoms with Crippen molar-refractivity contribution in [2.45, 2.75) is 46.2 Å². The highest BCUT2D eigenvalue weighted by molar-refractivity contribution is 5.66. The van der Waals surface area contributed by atoms with E-state index < -0.39 is 5.97 Å². The Labute approximate surface area is 112 Å². The van der Waals surface area contributed by atoms with Crippen LogP contribution in [0.4, 0.5) is 5.82 Å². The van der Waals surface area contributed by atoms with Crippen molar-refractivity contribution in [2.24, 2.45) is 0 Å². The molecule has 1 heterocycles. The maximum atomic E-state index is 12.2. The van der Waals surface area contributed by atoms with Crippen LogP contribution in [0, 0.1) is 0 Å². The molecule has 0 aliphatic carbocycles. The number of rotatable bonds is 7. The Balaban J connectivity index is 2.93. The Morgan fingerprint density at radius 3 is 2.74 bits per heavy atom. The highest BCUT2D eigenvalue weighted by atomic mass is 16.4. The van der Waals surface area contributed by atoms with Crippen LogP contribution in [-0.4, -0.2) is 33.2 Å². The Morgan fingerprint density at radius 1 is 1.53 bits per heavy atom. The molecule has 0 bridgehead atoms. The van der Waals surface area contributed by atoms with Crippen LogP contribution in [0.15, 0.2) is 17.2 Å². The number of aromatic nitrogens is 2. The monoisotopic (exact) mass is 267 g/mol. The lowest BCUT2D eigenvalue weighted by Gasteiger charge is -2.27. The van der Waals surface area contributed by atoms with Crippen molar-refractivity contribution < 1.29 is 9.90 Å². The molecule has 6 nitrogen and oxygen atoms in total. The van der Waals surface area contributed by atoms with Gasteiger partial charge in [-0.05, 0) is 27.2 Å². The van der Waals surface area contributed by atoms with Crippen molar-refractivity contribution >= 4 is 11.8 Å². The summed E-state index contributed by atoms with van der Waals surface area (Å²) >= 11 is 0. The molecule has 0 atom stereocenters. The Bertz CT molecular complexity index is 482. The minimum atomic E-state index is -0.823. The van der Waals surface area contributed by atoms with Crippen LogP contribution in [0.3, 0.4) is 0 Å². The minimum Gasteiger partial charge on any atom is -0.481 e. The summed E-state index contributed by atoms with van der Waals surface area (Å²) in [5.74, 6) is -0.430. The minimum absolute atomic E-state index is 0.0953. The van der Waals surface area contributed by atoms with E-state index >= 15 is 0 Å². The number of hydrogen-bond donors (Lipinski definition) is 1. The molecule has 106 valence electrons. The second kappa shape index (κ2) is 6.92. The standard InChI is InChI=1S/C13H21N3O3/c1-4-15-9-7-14-12(13(15)19)16(10(2)3)8-5-6-11(17)18/h7,9-10H,4-6,8H2,1-3H3,(H,17,18). The van der Waals surface area contributed by atoms with Crippen LogP contribution in [-0.2, 0) is 11.3 Å². The molecule has 0 spiro atoms. The van der Waals surface area contributed by atoms with Gasteiger partial charge in [0.1, 0.15) is 0 Å². The summed E-state index contributed by atoms with van der Waals surface area (Å²) in [6.45, 7) is 6.93. The fourth-order valence-corrected chi connectivity index (χ4v) is 1.89. The zero-order chi connectivity index (χ0) is 14.4. The van der Waals surface area contributed by atoms with E-state index in [2.05, 4.69) is 4.98 Å². The molecular weight excluding hydrogens is 246 g/mol. The molecule has 6 heteroatoms. The van der Waals surface area contributed by atoms with Gasteiger partial charge >= 0.3 is 5.97 Å². The Kier molecular flexibility index (Phi) is 5.54. The number of carboxylic acids is 1. The number of nitrogens with zero attached hydrogens (tertiary/aromatic N) is 3. The normalized spacial score (nSPS) is 10.7. The van der Waals surface area contributed by atoms with Gasteiger partial charge in [-0.2, -0.15) is 0 Å². The summed E-state index contributed by atoms with van der Waals surface area (Å²) in [7, 11) is 0. The second-order valence-electron chi connectivity index (χ2n) is 4.63. The van der Waals surface area contributed by atoms with Gasteiger partial charge in [0.25, 0.3) is 5.56 Å². The SMILES string of the molecule is CCn1ccnc(N(CCCC(=O)O)C(C)C)c1=O. The molecule has 1 rings (SSSR count). The first-order valence-corrected chi connectivity index (χ1v) is 6.51. The molecule has 0 saturated heterocycles. The van der Waals surface area contributed by atoms with Crippen LogP contribution in [0.1, 0.15) is 33.6 Å². The van der Waals surface area contributed by atoms with Crippen LogP contribution in [0.25, 0.3) is 0 Å². The lowest BCUT2D eigenvalue weighted by Crippen LogP contribution is -2.38. The number of hydrogen-bond acceptors (Lipinski definition) is 4. The third-order valence-corrected chi connectivity index (χ3v) is 2.92. The first kappa shape index (κ1) is 15.2. The van der Waals surface area contributed by atoms with Gasteiger partial charge in [0.05, 0.1) is 0 Å². The van der Waals surface area contributed by atoms with Gasteiger partial charge in [0.15, 0.2) is 5.82 Å². The van der Waals surface area contributed by atoms with Gasteiger partial charge in [-0.25, -0.2) is 4.98 Å². The summed E-state index contributed by atoms with van der Waals surface area (Å²) in [5, 5.41) is 8.67. The highest BCUT2D eigenvalue weighted by Crippen LogP contribution is 2.10. The topological polar surface area (TPSA) is 75.4 Å². The van der Waals surface area contributed by atoms with E-state index in [-0.39, 0.29) is 18.0 Å². The smallest absolute Gasteiger partial charge is 0.303 e. The van der Waals surface area contributed by atoms with E-state index in [1.165, 1.54) is 0 Å². The lowest BCUT2D eigenvalue weighted by atomic mass is 10.2. The van der Waals surface area contributed by atoms with Gasteiger partial charge < -0.3 is 14.6 Å². The van der Waals surface area contributed by atoms with Crippen LogP contribution in [0.5, 0.6) is 0 Å². The summed E-state index contributed by atoms with van der Waals surface area (Å²) in [5.41, 5.74) is -0.131. The quantitative estimate of drug-likeness (QED) is 0.807. The molecule has 0 fully saturated rings. The van der Waals surface area contributed by atoms with Crippen LogP contribution >= 0.6 is 0 Å². The summed E-state index contributed by atoms with van der Waals surface area (Å²) < 4.78 is 1.59. The molecule has 0 aliphatic rings. The summed E-state index contributed by atoms with van der Waals surface area (Å²) in [6.07, 6.45) is 3.85. The van der Waals surface area contributed by atoms with Gasteiger partial charge in [-0.3, -0.25) is 9.59 Å². The fraction of sp³-hybridized carbons (Fsp3) is 0.615. The second-order valence-corrected chi connectivity index (χ2v) is 4.63. The first-order chi connectivity index (χ1) is 8.97. The molecule has 0 aromatic carbocycles. The van der Waals surface area contributed by atoms with E-state index in [1.807, 2.05) is 25.7 Å². The molecule has 19 heavy (non-hydrogen) atoms.